The van der Waals surface area contributed by atoms with Crippen molar-refractivity contribution in [2.24, 2.45) is 7.05 Å². The van der Waals surface area contributed by atoms with Gasteiger partial charge in [-0.15, -0.1) is 0 Å². The molecule has 0 spiro atoms. The van der Waals surface area contributed by atoms with E-state index < -0.39 is 15.4 Å². The third-order valence-corrected chi connectivity index (χ3v) is 5.69. The van der Waals surface area contributed by atoms with Gasteiger partial charge in [-0.1, -0.05) is 0 Å². The summed E-state index contributed by atoms with van der Waals surface area (Å²) in [6, 6.07) is 5.49. The van der Waals surface area contributed by atoms with Crippen molar-refractivity contribution in [2.45, 2.75) is 25.5 Å². The number of rotatable bonds is 5. The SMILES string of the molecule is CC(C)S(=O)(=O)Oc1cc(Cc2cnc(N)nc2N)cc2c1ccn2C. The molecule has 0 saturated carbocycles. The molecule has 0 radical (unpaired) electrons. The van der Waals surface area contributed by atoms with E-state index in [1.54, 1.807) is 26.1 Å². The lowest BCUT2D eigenvalue weighted by molar-refractivity contribution is 0.479. The smallest absolute Gasteiger partial charge is 0.311 e. The number of aryl methyl sites for hydroxylation is 1. The predicted molar refractivity (Wildman–Crippen MR) is 101 cm³/mol. The second kappa shape index (κ2) is 6.49. The number of fused-ring (bicyclic) bond motifs is 1. The molecule has 0 atom stereocenters. The normalized spacial score (nSPS) is 12.0. The second-order valence-electron chi connectivity index (χ2n) is 6.39. The zero-order valence-corrected chi connectivity index (χ0v) is 15.6. The Morgan fingerprint density at radius 2 is 2.00 bits per heavy atom. The molecular formula is C17H21N5O3S. The van der Waals surface area contributed by atoms with E-state index >= 15 is 0 Å². The van der Waals surface area contributed by atoms with Crippen LogP contribution in [0.15, 0.2) is 30.6 Å². The third kappa shape index (κ3) is 3.43. The summed E-state index contributed by atoms with van der Waals surface area (Å²) >= 11 is 0. The van der Waals surface area contributed by atoms with Crippen molar-refractivity contribution in [1.29, 1.82) is 0 Å². The number of nitrogens with two attached hydrogens (primary N) is 2. The van der Waals surface area contributed by atoms with E-state index in [1.807, 2.05) is 29.9 Å². The van der Waals surface area contributed by atoms with Crippen LogP contribution in [0.25, 0.3) is 10.9 Å². The van der Waals surface area contributed by atoms with Gasteiger partial charge in [0.25, 0.3) is 0 Å². The lowest BCUT2D eigenvalue weighted by atomic mass is 10.0. The summed E-state index contributed by atoms with van der Waals surface area (Å²) < 4.78 is 31.8. The van der Waals surface area contributed by atoms with Crippen LogP contribution in [0.5, 0.6) is 5.75 Å². The van der Waals surface area contributed by atoms with Crippen LogP contribution in [0.3, 0.4) is 0 Å². The molecule has 3 aromatic rings. The molecule has 0 unspecified atom stereocenters. The minimum absolute atomic E-state index is 0.108. The first-order chi connectivity index (χ1) is 12.2. The first-order valence-electron chi connectivity index (χ1n) is 8.05. The van der Waals surface area contributed by atoms with Crippen LogP contribution in [0.4, 0.5) is 11.8 Å². The first kappa shape index (κ1) is 18.0. The van der Waals surface area contributed by atoms with E-state index in [2.05, 4.69) is 9.97 Å². The summed E-state index contributed by atoms with van der Waals surface area (Å²) in [7, 11) is -1.83. The third-order valence-electron chi connectivity index (χ3n) is 4.12. The highest BCUT2D eigenvalue weighted by Gasteiger charge is 2.21. The zero-order chi connectivity index (χ0) is 19.1. The summed E-state index contributed by atoms with van der Waals surface area (Å²) in [5.41, 5.74) is 13.8. The Morgan fingerprint density at radius 1 is 1.27 bits per heavy atom. The molecule has 26 heavy (non-hydrogen) atoms. The molecule has 3 rings (SSSR count). The fourth-order valence-electron chi connectivity index (χ4n) is 2.58. The van der Waals surface area contributed by atoms with Crippen LogP contribution >= 0.6 is 0 Å². The number of nitrogens with zero attached hydrogens (tertiary/aromatic N) is 3. The highest BCUT2D eigenvalue weighted by atomic mass is 32.2. The van der Waals surface area contributed by atoms with Gasteiger partial charge in [0.15, 0.2) is 5.75 Å². The Bertz CT molecular complexity index is 1070. The minimum Gasteiger partial charge on any atom is -0.383 e. The van der Waals surface area contributed by atoms with Crippen LogP contribution < -0.4 is 15.7 Å². The number of hydrogen-bond donors (Lipinski definition) is 2. The lowest BCUT2D eigenvalue weighted by Crippen LogP contribution is -2.20. The Balaban J connectivity index is 2.08. The van der Waals surface area contributed by atoms with Crippen LogP contribution in [-0.2, 0) is 23.6 Å². The topological polar surface area (TPSA) is 126 Å². The molecule has 1 aromatic carbocycles. The number of benzene rings is 1. The van der Waals surface area contributed by atoms with E-state index in [-0.39, 0.29) is 5.95 Å². The van der Waals surface area contributed by atoms with Gasteiger partial charge >= 0.3 is 10.1 Å². The maximum Gasteiger partial charge on any atom is 0.311 e. The predicted octanol–water partition coefficient (Wildman–Crippen LogP) is 1.84. The number of nitrogen functional groups attached to an aromatic ring is 2. The highest BCUT2D eigenvalue weighted by Crippen LogP contribution is 2.31. The van der Waals surface area contributed by atoms with Crippen molar-refractivity contribution in [3.05, 3.63) is 41.7 Å². The van der Waals surface area contributed by atoms with Crippen LogP contribution in [0, 0.1) is 0 Å². The molecule has 0 aliphatic rings. The molecule has 138 valence electrons. The van der Waals surface area contributed by atoms with Gasteiger partial charge < -0.3 is 20.2 Å². The van der Waals surface area contributed by atoms with Gasteiger partial charge in [-0.2, -0.15) is 13.4 Å². The monoisotopic (exact) mass is 375 g/mol. The van der Waals surface area contributed by atoms with Gasteiger partial charge in [0.1, 0.15) is 5.82 Å². The molecular weight excluding hydrogens is 354 g/mol. The molecule has 9 heteroatoms. The van der Waals surface area contributed by atoms with Crippen molar-refractivity contribution in [1.82, 2.24) is 14.5 Å². The van der Waals surface area contributed by atoms with E-state index in [0.29, 0.717) is 23.6 Å². The molecule has 4 N–H and O–H groups in total. The summed E-state index contributed by atoms with van der Waals surface area (Å²) in [6.45, 7) is 3.15. The average molecular weight is 375 g/mol. The van der Waals surface area contributed by atoms with E-state index in [1.165, 1.54) is 0 Å². The highest BCUT2D eigenvalue weighted by molar-refractivity contribution is 7.87. The van der Waals surface area contributed by atoms with Crippen molar-refractivity contribution in [3.8, 4) is 5.75 Å². The van der Waals surface area contributed by atoms with Gasteiger partial charge in [-0.25, -0.2) is 4.98 Å². The van der Waals surface area contributed by atoms with Crippen molar-refractivity contribution < 1.29 is 12.6 Å². The molecule has 0 aliphatic carbocycles. The van der Waals surface area contributed by atoms with Gasteiger partial charge in [0, 0.05) is 36.8 Å². The van der Waals surface area contributed by atoms with E-state index in [0.717, 1.165) is 16.5 Å². The second-order valence-corrected chi connectivity index (χ2v) is 8.49. The molecule has 0 saturated heterocycles. The number of aromatic nitrogens is 3. The van der Waals surface area contributed by atoms with Crippen molar-refractivity contribution >= 4 is 32.8 Å². The van der Waals surface area contributed by atoms with E-state index in [4.69, 9.17) is 15.7 Å². The Labute approximate surface area is 151 Å². The molecule has 2 aromatic heterocycles. The largest absolute Gasteiger partial charge is 0.383 e. The molecule has 0 fully saturated rings. The Hall–Kier alpha value is -2.81. The fourth-order valence-corrected chi connectivity index (χ4v) is 3.16. The molecule has 2 heterocycles. The van der Waals surface area contributed by atoms with Gasteiger partial charge in [-0.05, 0) is 37.6 Å². The molecule has 0 bridgehead atoms. The quantitative estimate of drug-likeness (QED) is 0.652. The van der Waals surface area contributed by atoms with Crippen molar-refractivity contribution in [2.75, 3.05) is 11.5 Å². The fraction of sp³-hybridized carbons (Fsp3) is 0.294. The summed E-state index contributed by atoms with van der Waals surface area (Å²) in [5.74, 6) is 0.694. The first-order valence-corrected chi connectivity index (χ1v) is 9.52. The van der Waals surface area contributed by atoms with Crippen molar-refractivity contribution in [3.63, 3.8) is 0 Å². The summed E-state index contributed by atoms with van der Waals surface area (Å²) in [5, 5.41) is 0.0769. The molecule has 0 amide bonds. The maximum absolute atomic E-state index is 12.2. The summed E-state index contributed by atoms with van der Waals surface area (Å²) in [6.07, 6.45) is 3.84. The average Bonchev–Trinajstić information content (AvgIpc) is 2.91. The van der Waals surface area contributed by atoms with E-state index in [9.17, 15) is 8.42 Å². The van der Waals surface area contributed by atoms with Crippen LogP contribution in [-0.4, -0.2) is 28.2 Å². The molecule has 8 nitrogen and oxygen atoms in total. The number of hydrogen-bond acceptors (Lipinski definition) is 7. The van der Waals surface area contributed by atoms with Gasteiger partial charge in [0.05, 0.1) is 10.8 Å². The lowest BCUT2D eigenvalue weighted by Gasteiger charge is -2.13. The maximum atomic E-state index is 12.2. The zero-order valence-electron chi connectivity index (χ0n) is 14.8. The van der Waals surface area contributed by atoms with Crippen LogP contribution in [0.1, 0.15) is 25.0 Å². The Morgan fingerprint density at radius 3 is 2.65 bits per heavy atom. The standard InChI is InChI=1S/C17H21N5O3S/c1-10(2)26(23,24)25-15-8-11(7-14-13(15)4-5-22(14)3)6-12-9-20-17(19)21-16(12)18/h4-5,7-10H,6H2,1-3H3,(H4,18,19,20,21). The minimum atomic E-state index is -3.71. The van der Waals surface area contributed by atoms with Gasteiger partial charge in [-0.3, -0.25) is 0 Å². The van der Waals surface area contributed by atoms with Crippen LogP contribution in [0.2, 0.25) is 0 Å². The van der Waals surface area contributed by atoms with Gasteiger partial charge in [0.2, 0.25) is 5.95 Å². The molecule has 0 aliphatic heterocycles. The summed E-state index contributed by atoms with van der Waals surface area (Å²) in [4.78, 5) is 7.92. The Kier molecular flexibility index (Phi) is 4.49. The number of anilines is 2.